The number of nitrogens with one attached hydrogen (secondary N) is 2. The highest BCUT2D eigenvalue weighted by Gasteiger charge is 2.21. The first-order chi connectivity index (χ1) is 16.7. The smallest absolute Gasteiger partial charge is 0.269 e. The number of methoxy groups -OCH3 is 2. The molecule has 1 aliphatic heterocycles. The number of aliphatic imine (C=N–C) groups is 1. The number of anilines is 2. The Morgan fingerprint density at radius 1 is 0.943 bits per heavy atom. The van der Waals surface area contributed by atoms with Gasteiger partial charge in [-0.05, 0) is 50.3 Å². The number of guanidine groups is 1. The third kappa shape index (κ3) is 5.89. The Morgan fingerprint density at radius 2 is 1.60 bits per heavy atom. The maximum absolute atomic E-state index is 11.0. The number of nitro benzene ring substituents is 1. The monoisotopic (exact) mass is 474 g/mol. The van der Waals surface area contributed by atoms with Gasteiger partial charge < -0.3 is 24.8 Å². The number of benzene rings is 3. The Bertz CT molecular complexity index is 1280. The van der Waals surface area contributed by atoms with Gasteiger partial charge in [-0.15, -0.1) is 0 Å². The van der Waals surface area contributed by atoms with Crippen LogP contribution in [0.5, 0.6) is 17.2 Å². The van der Waals surface area contributed by atoms with Crippen molar-refractivity contribution < 1.29 is 19.1 Å². The van der Waals surface area contributed by atoms with Gasteiger partial charge in [0, 0.05) is 47.3 Å². The zero-order chi connectivity index (χ0) is 25.0. The molecule has 4 rings (SSSR count). The molecule has 9 heteroatoms. The van der Waals surface area contributed by atoms with E-state index in [9.17, 15) is 10.1 Å². The molecule has 0 radical (unpaired) electrons. The van der Waals surface area contributed by atoms with E-state index in [0.717, 1.165) is 17.0 Å². The molecule has 0 spiro atoms. The van der Waals surface area contributed by atoms with Crippen LogP contribution in [0.2, 0.25) is 0 Å². The summed E-state index contributed by atoms with van der Waals surface area (Å²) in [5.74, 6) is 2.41. The van der Waals surface area contributed by atoms with Crippen molar-refractivity contribution in [2.24, 2.45) is 4.99 Å². The van der Waals surface area contributed by atoms with Crippen molar-refractivity contribution in [1.29, 1.82) is 0 Å². The highest BCUT2D eigenvalue weighted by molar-refractivity contribution is 6.05. The molecule has 0 saturated carbocycles. The van der Waals surface area contributed by atoms with Crippen LogP contribution in [-0.4, -0.2) is 30.7 Å². The summed E-state index contributed by atoms with van der Waals surface area (Å²) >= 11 is 0. The van der Waals surface area contributed by atoms with Gasteiger partial charge in [-0.1, -0.05) is 6.08 Å². The number of hydrogen-bond acceptors (Lipinski definition) is 6. The molecule has 9 nitrogen and oxygen atoms in total. The van der Waals surface area contributed by atoms with E-state index >= 15 is 0 Å². The molecule has 0 unspecified atom stereocenters. The van der Waals surface area contributed by atoms with Crippen LogP contribution in [0.15, 0.2) is 71.7 Å². The molecule has 0 aliphatic carbocycles. The normalized spacial score (nSPS) is 13.9. The first kappa shape index (κ1) is 23.6. The minimum absolute atomic E-state index is 0.00616. The molecule has 0 fully saturated rings. The van der Waals surface area contributed by atoms with Gasteiger partial charge in [0.2, 0.25) is 5.96 Å². The second kappa shape index (κ2) is 9.76. The molecular formula is C26H26N4O5. The first-order valence-corrected chi connectivity index (χ1v) is 10.9. The molecule has 0 amide bonds. The number of ether oxygens (including phenoxy) is 3. The van der Waals surface area contributed by atoms with Crippen molar-refractivity contribution in [2.75, 3.05) is 24.9 Å². The predicted molar refractivity (Wildman–Crippen MR) is 137 cm³/mol. The molecule has 0 bridgehead atoms. The van der Waals surface area contributed by atoms with Gasteiger partial charge in [-0.2, -0.15) is 0 Å². The lowest BCUT2D eigenvalue weighted by molar-refractivity contribution is -0.384. The largest absolute Gasteiger partial charge is 0.497 e. The fourth-order valence-electron chi connectivity index (χ4n) is 3.48. The van der Waals surface area contributed by atoms with E-state index in [4.69, 9.17) is 14.2 Å². The quantitative estimate of drug-likeness (QED) is 0.195. The van der Waals surface area contributed by atoms with E-state index in [1.165, 1.54) is 12.1 Å². The lowest BCUT2D eigenvalue weighted by Crippen LogP contribution is -2.27. The van der Waals surface area contributed by atoms with Crippen molar-refractivity contribution >= 4 is 34.8 Å². The summed E-state index contributed by atoms with van der Waals surface area (Å²) in [7, 11) is 3.15. The highest BCUT2D eigenvalue weighted by atomic mass is 16.6. The number of rotatable bonds is 6. The Kier molecular flexibility index (Phi) is 6.59. The van der Waals surface area contributed by atoms with Gasteiger partial charge in [-0.3, -0.25) is 10.1 Å². The second-order valence-corrected chi connectivity index (χ2v) is 8.38. The fourth-order valence-corrected chi connectivity index (χ4v) is 3.48. The van der Waals surface area contributed by atoms with Gasteiger partial charge in [0.15, 0.2) is 0 Å². The van der Waals surface area contributed by atoms with E-state index in [2.05, 4.69) is 15.6 Å². The summed E-state index contributed by atoms with van der Waals surface area (Å²) in [6.45, 7) is 4.00. The average molecular weight is 475 g/mol. The lowest BCUT2D eigenvalue weighted by atomic mass is 10.0. The minimum atomic E-state index is -0.447. The van der Waals surface area contributed by atoms with E-state index < -0.39 is 4.92 Å². The van der Waals surface area contributed by atoms with Crippen LogP contribution in [0.4, 0.5) is 22.7 Å². The van der Waals surface area contributed by atoms with E-state index in [-0.39, 0.29) is 11.3 Å². The van der Waals surface area contributed by atoms with Crippen LogP contribution in [0.25, 0.3) is 6.08 Å². The van der Waals surface area contributed by atoms with Gasteiger partial charge in [0.05, 0.1) is 24.8 Å². The van der Waals surface area contributed by atoms with Crippen molar-refractivity contribution in [1.82, 2.24) is 0 Å². The number of nitrogens with zero attached hydrogens (tertiary/aromatic N) is 2. The van der Waals surface area contributed by atoms with Crippen molar-refractivity contribution in [3.8, 4) is 17.2 Å². The zero-order valence-electron chi connectivity index (χ0n) is 19.9. The number of fused-ring (bicyclic) bond motifs is 1. The summed E-state index contributed by atoms with van der Waals surface area (Å²) in [6.07, 6.45) is 4.03. The minimum Gasteiger partial charge on any atom is -0.497 e. The standard InChI is InChI=1S/C26H26N4O5/c1-26(2)12-11-17-13-19(7-10-24(17)35-26)28-25(27-18-5-8-21(9-6-18)30(31)32)29-20-14-22(33-3)16-23(15-20)34-4/h5-16H,1-4H3,(H2,27,28,29). The average Bonchev–Trinajstić information content (AvgIpc) is 2.83. The molecule has 0 aromatic heterocycles. The fraction of sp³-hybridized carbons (Fsp3) is 0.192. The van der Waals surface area contributed by atoms with Crippen LogP contribution < -0.4 is 24.8 Å². The molecule has 3 aromatic rings. The molecule has 3 aromatic carbocycles. The first-order valence-electron chi connectivity index (χ1n) is 10.9. The molecule has 1 heterocycles. The number of nitro groups is 1. The van der Waals surface area contributed by atoms with E-state index in [1.807, 2.05) is 44.2 Å². The number of non-ortho nitro benzene ring substituents is 1. The van der Waals surface area contributed by atoms with Gasteiger partial charge in [0.1, 0.15) is 22.8 Å². The summed E-state index contributed by atoms with van der Waals surface area (Å²) in [5, 5.41) is 17.5. The SMILES string of the molecule is COc1cc(NC(=Nc2ccc([N+](=O)[O-])cc2)Nc2ccc3c(c2)C=CC(C)(C)O3)cc(OC)c1. The van der Waals surface area contributed by atoms with E-state index in [0.29, 0.717) is 28.8 Å². The van der Waals surface area contributed by atoms with Crippen LogP contribution in [0.1, 0.15) is 19.4 Å². The van der Waals surface area contributed by atoms with Gasteiger partial charge in [0.25, 0.3) is 5.69 Å². The molecule has 0 saturated heterocycles. The summed E-state index contributed by atoms with van der Waals surface area (Å²) in [6, 6.07) is 17.1. The molecule has 180 valence electrons. The van der Waals surface area contributed by atoms with Crippen molar-refractivity contribution in [3.63, 3.8) is 0 Å². The Balaban J connectivity index is 1.67. The van der Waals surface area contributed by atoms with Crippen LogP contribution in [0, 0.1) is 10.1 Å². The molecular weight excluding hydrogens is 448 g/mol. The van der Waals surface area contributed by atoms with Crippen LogP contribution in [0.3, 0.4) is 0 Å². The third-order valence-electron chi connectivity index (χ3n) is 5.23. The van der Waals surface area contributed by atoms with E-state index in [1.54, 1.807) is 44.6 Å². The van der Waals surface area contributed by atoms with Crippen molar-refractivity contribution in [2.45, 2.75) is 19.4 Å². The second-order valence-electron chi connectivity index (χ2n) is 8.38. The summed E-state index contributed by atoms with van der Waals surface area (Å²) < 4.78 is 16.7. The van der Waals surface area contributed by atoms with Gasteiger partial charge >= 0.3 is 0 Å². The summed E-state index contributed by atoms with van der Waals surface area (Å²) in [4.78, 5) is 15.2. The topological polar surface area (TPSA) is 107 Å². The van der Waals surface area contributed by atoms with Crippen molar-refractivity contribution in [3.05, 3.63) is 82.4 Å². The van der Waals surface area contributed by atoms with Crippen LogP contribution >= 0.6 is 0 Å². The Morgan fingerprint density at radius 3 is 2.23 bits per heavy atom. The maximum atomic E-state index is 11.0. The zero-order valence-corrected chi connectivity index (χ0v) is 19.9. The molecule has 2 N–H and O–H groups in total. The molecule has 35 heavy (non-hydrogen) atoms. The van der Waals surface area contributed by atoms with Gasteiger partial charge in [-0.25, -0.2) is 4.99 Å². The molecule has 0 atom stereocenters. The lowest BCUT2D eigenvalue weighted by Gasteiger charge is -2.28. The highest BCUT2D eigenvalue weighted by Crippen LogP contribution is 2.33. The van der Waals surface area contributed by atoms with Crippen LogP contribution in [-0.2, 0) is 0 Å². The predicted octanol–water partition coefficient (Wildman–Crippen LogP) is 6.01. The number of hydrogen-bond donors (Lipinski definition) is 2. The molecule has 1 aliphatic rings. The Hall–Kier alpha value is -4.53. The summed E-state index contributed by atoms with van der Waals surface area (Å²) in [5.41, 5.74) is 2.55. The maximum Gasteiger partial charge on any atom is 0.269 e. The Labute approximate surface area is 203 Å². The third-order valence-corrected chi connectivity index (χ3v) is 5.23.